The van der Waals surface area contributed by atoms with E-state index in [4.69, 9.17) is 9.47 Å². The van der Waals surface area contributed by atoms with Gasteiger partial charge in [0, 0.05) is 6.42 Å². The molecule has 0 aromatic carbocycles. The fourth-order valence-corrected chi connectivity index (χ4v) is 8.31. The van der Waals surface area contributed by atoms with Crippen LogP contribution in [0.25, 0.3) is 0 Å². The van der Waals surface area contributed by atoms with Crippen molar-refractivity contribution in [2.75, 3.05) is 13.2 Å². The molecule has 72 heavy (non-hydrogen) atoms. The molecule has 9 nitrogen and oxygen atoms in total. The Morgan fingerprint density at radius 3 is 1.25 bits per heavy atom. The highest BCUT2D eigenvalue weighted by Crippen LogP contribution is 2.23. The second-order valence-electron chi connectivity index (χ2n) is 19.4. The third-order valence-electron chi connectivity index (χ3n) is 12.8. The van der Waals surface area contributed by atoms with Crippen LogP contribution < -0.4 is 5.32 Å². The summed E-state index contributed by atoms with van der Waals surface area (Å²) < 4.78 is 11.3. The first-order valence-corrected chi connectivity index (χ1v) is 28.7. The summed E-state index contributed by atoms with van der Waals surface area (Å²) in [6.07, 6.45) is 69.3. The van der Waals surface area contributed by atoms with Crippen molar-refractivity contribution in [2.24, 2.45) is 0 Å². The molecule has 0 radical (unpaired) electrons. The van der Waals surface area contributed by atoms with Crippen LogP contribution in [0.1, 0.15) is 213 Å². The number of ether oxygens (including phenoxy) is 2. The molecule has 1 fully saturated rings. The van der Waals surface area contributed by atoms with Crippen molar-refractivity contribution in [3.05, 3.63) is 122 Å². The van der Waals surface area contributed by atoms with E-state index in [-0.39, 0.29) is 12.5 Å². The molecule has 1 heterocycles. The molecule has 9 heteroatoms. The molecular weight excluding hydrogens is 899 g/mol. The Morgan fingerprint density at radius 1 is 0.486 bits per heavy atom. The fourth-order valence-electron chi connectivity index (χ4n) is 8.31. The third kappa shape index (κ3) is 40.0. The molecule has 7 unspecified atom stereocenters. The number of nitrogens with one attached hydrogen (secondary N) is 1. The van der Waals surface area contributed by atoms with E-state index in [1.54, 1.807) is 0 Å². The topological polar surface area (TPSA) is 149 Å². The van der Waals surface area contributed by atoms with Crippen molar-refractivity contribution >= 4 is 5.91 Å². The minimum Gasteiger partial charge on any atom is -0.394 e. The minimum atomic E-state index is -1.57. The van der Waals surface area contributed by atoms with Crippen LogP contribution in [0, 0.1) is 0 Å². The largest absolute Gasteiger partial charge is 0.394 e. The highest BCUT2D eigenvalue weighted by Gasteiger charge is 2.44. The highest BCUT2D eigenvalue weighted by molar-refractivity contribution is 5.76. The van der Waals surface area contributed by atoms with Crippen LogP contribution in [0.2, 0.25) is 0 Å². The first-order valence-electron chi connectivity index (χ1n) is 28.7. The molecule has 0 aromatic rings. The van der Waals surface area contributed by atoms with E-state index >= 15 is 0 Å². The Hall–Kier alpha value is -3.41. The van der Waals surface area contributed by atoms with Gasteiger partial charge in [-0.25, -0.2) is 0 Å². The first-order chi connectivity index (χ1) is 35.3. The van der Waals surface area contributed by atoms with Gasteiger partial charge in [-0.3, -0.25) is 4.79 Å². The van der Waals surface area contributed by atoms with Crippen molar-refractivity contribution in [1.82, 2.24) is 5.32 Å². The maximum absolute atomic E-state index is 13.1. The number of allylic oxidation sites excluding steroid dienone is 20. The number of carbonyl (C=O) groups excluding carboxylic acids is 1. The molecular formula is C63H105NO8. The summed E-state index contributed by atoms with van der Waals surface area (Å²) in [5, 5.41) is 54.6. The average Bonchev–Trinajstić information content (AvgIpc) is 3.38. The molecule has 1 aliphatic heterocycles. The van der Waals surface area contributed by atoms with Gasteiger partial charge in [0.15, 0.2) is 6.29 Å². The predicted octanol–water partition coefficient (Wildman–Crippen LogP) is 14.3. The summed E-state index contributed by atoms with van der Waals surface area (Å²) in [6, 6.07) is -0.752. The number of aliphatic hydroxyl groups is 5. The Labute approximate surface area is 439 Å². The monoisotopic (exact) mass is 1000 g/mol. The highest BCUT2D eigenvalue weighted by atomic mass is 16.7. The van der Waals surface area contributed by atoms with Crippen LogP contribution in [-0.4, -0.2) is 87.5 Å². The normalized spacial score (nSPS) is 20.1. The number of aliphatic hydroxyl groups excluding tert-OH is 5. The summed E-state index contributed by atoms with van der Waals surface area (Å²) in [5.41, 5.74) is 0. The third-order valence-corrected chi connectivity index (χ3v) is 12.8. The van der Waals surface area contributed by atoms with Crippen LogP contribution >= 0.6 is 0 Å². The zero-order chi connectivity index (χ0) is 52.2. The second-order valence-corrected chi connectivity index (χ2v) is 19.4. The van der Waals surface area contributed by atoms with E-state index in [0.717, 1.165) is 96.3 Å². The maximum Gasteiger partial charge on any atom is 0.220 e. The van der Waals surface area contributed by atoms with Gasteiger partial charge in [-0.1, -0.05) is 238 Å². The molecule has 0 aliphatic carbocycles. The van der Waals surface area contributed by atoms with E-state index in [0.29, 0.717) is 19.3 Å². The Bertz CT molecular complexity index is 1540. The van der Waals surface area contributed by atoms with Gasteiger partial charge < -0.3 is 40.3 Å². The number of carbonyl (C=O) groups is 1. The van der Waals surface area contributed by atoms with Crippen LogP contribution in [0.15, 0.2) is 122 Å². The molecule has 1 saturated heterocycles. The van der Waals surface area contributed by atoms with E-state index in [9.17, 15) is 30.3 Å². The summed E-state index contributed by atoms with van der Waals surface area (Å²) in [7, 11) is 0. The molecule has 1 amide bonds. The maximum atomic E-state index is 13.1. The number of amides is 1. The van der Waals surface area contributed by atoms with Crippen LogP contribution in [0.3, 0.4) is 0 Å². The summed E-state index contributed by atoms with van der Waals surface area (Å²) in [6.45, 7) is 3.69. The molecule has 0 aromatic heterocycles. The van der Waals surface area contributed by atoms with Crippen molar-refractivity contribution in [2.45, 2.75) is 256 Å². The van der Waals surface area contributed by atoms with Gasteiger partial charge in [0.25, 0.3) is 0 Å². The van der Waals surface area contributed by atoms with E-state index in [1.165, 1.54) is 83.5 Å². The van der Waals surface area contributed by atoms with Crippen molar-refractivity contribution in [1.29, 1.82) is 0 Å². The van der Waals surface area contributed by atoms with E-state index < -0.39 is 49.5 Å². The van der Waals surface area contributed by atoms with E-state index in [1.807, 2.05) is 0 Å². The van der Waals surface area contributed by atoms with E-state index in [2.05, 4.69) is 141 Å². The zero-order valence-corrected chi connectivity index (χ0v) is 45.4. The smallest absolute Gasteiger partial charge is 0.220 e. The molecule has 410 valence electrons. The quantitative estimate of drug-likeness (QED) is 0.0261. The van der Waals surface area contributed by atoms with Gasteiger partial charge in [-0.05, 0) is 89.9 Å². The SMILES string of the molecule is CC/C=C\C/C=C\C/C=C\C/C=C\C/C=C\C/C=C\C/C=C\C/C=C\C/C=C\C/C=C\CCCCC(=O)NC(COC1OC(CO)C(O)C(O)C1O)C(O)CCCCCCCCCCCCCCCCCC. The van der Waals surface area contributed by atoms with Crippen LogP contribution in [0.5, 0.6) is 0 Å². The Kier molecular flexibility index (Phi) is 47.3. The number of hydrogen-bond acceptors (Lipinski definition) is 8. The molecule has 6 N–H and O–H groups in total. The molecule has 0 spiro atoms. The number of rotatable bonds is 47. The summed E-state index contributed by atoms with van der Waals surface area (Å²) in [5.74, 6) is -0.191. The van der Waals surface area contributed by atoms with Crippen molar-refractivity contribution in [3.63, 3.8) is 0 Å². The summed E-state index contributed by atoms with van der Waals surface area (Å²) in [4.78, 5) is 13.1. The van der Waals surface area contributed by atoms with Gasteiger partial charge in [0.1, 0.15) is 24.4 Å². The molecule has 0 bridgehead atoms. The lowest BCUT2D eigenvalue weighted by molar-refractivity contribution is -0.302. The molecule has 7 atom stereocenters. The Balaban J connectivity index is 2.26. The molecule has 1 rings (SSSR count). The van der Waals surface area contributed by atoms with Gasteiger partial charge >= 0.3 is 0 Å². The minimum absolute atomic E-state index is 0.163. The number of unbranched alkanes of at least 4 members (excludes halogenated alkanes) is 17. The van der Waals surface area contributed by atoms with Gasteiger partial charge in [0.2, 0.25) is 5.91 Å². The molecule has 1 aliphatic rings. The van der Waals surface area contributed by atoms with Crippen LogP contribution in [-0.2, 0) is 14.3 Å². The van der Waals surface area contributed by atoms with Crippen molar-refractivity contribution in [3.8, 4) is 0 Å². The average molecular weight is 1000 g/mol. The van der Waals surface area contributed by atoms with Crippen molar-refractivity contribution < 1.29 is 39.8 Å². The molecule has 0 saturated carbocycles. The number of hydrogen-bond donors (Lipinski definition) is 6. The van der Waals surface area contributed by atoms with Gasteiger partial charge in [0.05, 0.1) is 25.4 Å². The Morgan fingerprint density at radius 2 is 0.861 bits per heavy atom. The predicted molar refractivity (Wildman–Crippen MR) is 304 cm³/mol. The standard InChI is InChI=1S/C63H105NO8/c1-3-5-7-9-11-13-15-17-19-21-22-23-24-25-26-27-28-29-30-31-32-33-34-35-36-37-39-41-43-45-47-49-51-53-59(67)64-56(55-71-63-62(70)61(69)60(68)58(54-65)72-63)57(66)52-50-48-46-44-42-40-38-20-18-16-14-12-10-8-6-4-2/h5,7,11,13,17,19,22-23,25-26,28-29,31-32,34-35,37,39,43,45,56-58,60-63,65-66,68-70H,3-4,6,8-10,12,14-16,18,20-21,24,27,30,33,36,38,40-42,44,46-55H2,1-2H3,(H,64,67)/b7-5-,13-11-,19-17-,23-22-,26-25-,29-28-,32-31-,35-34-,39-37-,45-43-. The fraction of sp³-hybridized carbons (Fsp3) is 0.667. The van der Waals surface area contributed by atoms with Crippen LogP contribution in [0.4, 0.5) is 0 Å². The lowest BCUT2D eigenvalue weighted by Gasteiger charge is -2.40. The zero-order valence-electron chi connectivity index (χ0n) is 45.4. The lowest BCUT2D eigenvalue weighted by atomic mass is 9.99. The van der Waals surface area contributed by atoms with Gasteiger partial charge in [-0.15, -0.1) is 0 Å². The second kappa shape index (κ2) is 51.1. The summed E-state index contributed by atoms with van der Waals surface area (Å²) >= 11 is 0. The van der Waals surface area contributed by atoms with Gasteiger partial charge in [-0.2, -0.15) is 0 Å². The first kappa shape index (κ1) is 66.6. The lowest BCUT2D eigenvalue weighted by Crippen LogP contribution is -2.60.